The van der Waals surface area contributed by atoms with Crippen molar-refractivity contribution in [2.75, 3.05) is 13.2 Å². The molecule has 0 saturated carbocycles. The predicted octanol–water partition coefficient (Wildman–Crippen LogP) is 7.09. The molecule has 3 aromatic carbocycles. The number of halogens is 2. The molecule has 46 heavy (non-hydrogen) atoms. The number of hydrogen-bond donors (Lipinski definition) is 0. The lowest BCUT2D eigenvalue weighted by Gasteiger charge is -2.26. The zero-order chi connectivity index (χ0) is 33.0. The Morgan fingerprint density at radius 3 is 2.46 bits per heavy atom. The summed E-state index contributed by atoms with van der Waals surface area (Å²) in [5, 5.41) is 0. The molecule has 240 valence electrons. The average Bonchev–Trinajstić information content (AvgIpc) is 3.31. The second kappa shape index (κ2) is 14.8. The molecule has 0 fully saturated rings. The second-order valence-electron chi connectivity index (χ2n) is 10.7. The Balaban J connectivity index is 1.61. The Kier molecular flexibility index (Phi) is 10.9. The number of para-hydroxylation sites is 1. The number of benzene rings is 3. The summed E-state index contributed by atoms with van der Waals surface area (Å²) >= 11 is 8.37. The standard InChI is InChI=1S/C35H34Br2N2O6S/c1-6-42-28-17-23(16-26(37)32(28)44-19-22-12-14-24(36)15-13-22)18-29-33(40)39-31(25-10-8-9-11-27(25)45-20(3)4)30(34(41)43-7-2)21(5)38-35(39)46-29/h8-18,20,31H,6-7,19H2,1-5H3/b29-18+/t31-/m0/s1. The maximum atomic E-state index is 14.2. The molecule has 4 aromatic rings. The Morgan fingerprint density at radius 1 is 1.02 bits per heavy atom. The van der Waals surface area contributed by atoms with E-state index in [2.05, 4.69) is 31.9 Å². The predicted molar refractivity (Wildman–Crippen MR) is 186 cm³/mol. The monoisotopic (exact) mass is 768 g/mol. The smallest absolute Gasteiger partial charge is 0.338 e. The fraction of sp³-hybridized carbons (Fsp3) is 0.286. The summed E-state index contributed by atoms with van der Waals surface area (Å²) in [6, 6.07) is 18.3. The summed E-state index contributed by atoms with van der Waals surface area (Å²) in [5.41, 5.74) is 2.92. The molecule has 1 aliphatic heterocycles. The van der Waals surface area contributed by atoms with Gasteiger partial charge >= 0.3 is 5.97 Å². The van der Waals surface area contributed by atoms with Gasteiger partial charge in [-0.3, -0.25) is 9.36 Å². The number of carbonyl (C=O) groups excluding carboxylic acids is 1. The van der Waals surface area contributed by atoms with E-state index in [1.54, 1.807) is 24.5 Å². The van der Waals surface area contributed by atoms with Crippen molar-refractivity contribution in [2.45, 2.75) is 53.4 Å². The van der Waals surface area contributed by atoms with Crippen molar-refractivity contribution in [2.24, 2.45) is 4.99 Å². The fourth-order valence-electron chi connectivity index (χ4n) is 5.12. The molecule has 0 radical (unpaired) electrons. The Hall–Kier alpha value is -3.67. The number of ether oxygens (including phenoxy) is 4. The Bertz CT molecular complexity index is 1960. The third-order valence-corrected chi connectivity index (χ3v) is 9.12. The molecule has 11 heteroatoms. The molecular weight excluding hydrogens is 736 g/mol. The zero-order valence-electron chi connectivity index (χ0n) is 26.1. The molecule has 0 spiro atoms. The van der Waals surface area contributed by atoms with E-state index >= 15 is 0 Å². The molecular formula is C35H34Br2N2O6S. The first-order valence-electron chi connectivity index (χ1n) is 14.9. The van der Waals surface area contributed by atoms with E-state index in [9.17, 15) is 9.59 Å². The van der Waals surface area contributed by atoms with Gasteiger partial charge in [0.2, 0.25) is 0 Å². The minimum atomic E-state index is -0.785. The van der Waals surface area contributed by atoms with Crippen LogP contribution in [0.3, 0.4) is 0 Å². The normalized spacial score (nSPS) is 14.6. The van der Waals surface area contributed by atoms with Crippen molar-refractivity contribution in [3.8, 4) is 17.2 Å². The molecule has 0 aliphatic carbocycles. The van der Waals surface area contributed by atoms with Gasteiger partial charge in [0.25, 0.3) is 5.56 Å². The highest BCUT2D eigenvalue weighted by molar-refractivity contribution is 9.10. The molecule has 0 bridgehead atoms. The van der Waals surface area contributed by atoms with Crippen LogP contribution < -0.4 is 29.1 Å². The lowest BCUT2D eigenvalue weighted by molar-refractivity contribution is -0.139. The van der Waals surface area contributed by atoms with Crippen LogP contribution in [0.5, 0.6) is 17.2 Å². The first-order valence-corrected chi connectivity index (χ1v) is 17.3. The van der Waals surface area contributed by atoms with E-state index in [1.807, 2.05) is 81.4 Å². The SMILES string of the molecule is CCOC(=O)C1=C(C)N=c2s/c(=C/c3cc(Br)c(OCc4ccc(Br)cc4)c(OCC)c3)c(=O)n2[C@H]1c1ccccc1OC(C)C. The third kappa shape index (κ3) is 7.32. The number of carbonyl (C=O) groups is 1. The molecule has 5 rings (SSSR count). The molecule has 1 aromatic heterocycles. The van der Waals surface area contributed by atoms with Gasteiger partial charge in [-0.05, 0) is 98.1 Å². The van der Waals surface area contributed by atoms with Crippen molar-refractivity contribution >= 4 is 55.2 Å². The zero-order valence-corrected chi connectivity index (χ0v) is 30.1. The highest BCUT2D eigenvalue weighted by atomic mass is 79.9. The van der Waals surface area contributed by atoms with Gasteiger partial charge in [-0.25, -0.2) is 9.79 Å². The number of nitrogens with zero attached hydrogens (tertiary/aromatic N) is 2. The molecule has 1 aliphatic rings. The van der Waals surface area contributed by atoms with E-state index in [-0.39, 0.29) is 18.3 Å². The van der Waals surface area contributed by atoms with E-state index < -0.39 is 12.0 Å². The number of allylic oxidation sites excluding steroid dienone is 1. The largest absolute Gasteiger partial charge is 0.491 e. The van der Waals surface area contributed by atoms with Gasteiger partial charge in [0.1, 0.15) is 18.4 Å². The highest BCUT2D eigenvalue weighted by Gasteiger charge is 2.35. The van der Waals surface area contributed by atoms with Crippen LogP contribution in [0.25, 0.3) is 6.08 Å². The number of fused-ring (bicyclic) bond motifs is 1. The molecule has 8 nitrogen and oxygen atoms in total. The highest BCUT2D eigenvalue weighted by Crippen LogP contribution is 2.38. The third-order valence-electron chi connectivity index (χ3n) is 7.02. The topological polar surface area (TPSA) is 88.4 Å². The maximum Gasteiger partial charge on any atom is 0.338 e. The van der Waals surface area contributed by atoms with Crippen molar-refractivity contribution in [3.05, 3.63) is 117 Å². The lowest BCUT2D eigenvalue weighted by atomic mass is 9.95. The van der Waals surface area contributed by atoms with Crippen molar-refractivity contribution < 1.29 is 23.7 Å². The summed E-state index contributed by atoms with van der Waals surface area (Å²) in [6.07, 6.45) is 1.68. The fourth-order valence-corrected chi connectivity index (χ4v) is 7.00. The van der Waals surface area contributed by atoms with Crippen molar-refractivity contribution in [1.82, 2.24) is 4.57 Å². The Labute approximate surface area is 288 Å². The number of thiazole rings is 1. The van der Waals surface area contributed by atoms with Crippen LogP contribution in [0.4, 0.5) is 0 Å². The maximum absolute atomic E-state index is 14.2. The van der Waals surface area contributed by atoms with E-state index in [4.69, 9.17) is 23.9 Å². The quantitative estimate of drug-likeness (QED) is 0.152. The van der Waals surface area contributed by atoms with Gasteiger partial charge < -0.3 is 18.9 Å². The van der Waals surface area contributed by atoms with Gasteiger partial charge in [-0.1, -0.05) is 57.6 Å². The molecule has 0 unspecified atom stereocenters. The van der Waals surface area contributed by atoms with E-state index in [1.165, 1.54) is 11.3 Å². The summed E-state index contributed by atoms with van der Waals surface area (Å²) in [4.78, 5) is 32.7. The number of esters is 1. The number of rotatable bonds is 11. The van der Waals surface area contributed by atoms with Crippen LogP contribution in [-0.2, 0) is 16.1 Å². The number of aromatic nitrogens is 1. The molecule has 1 atom stereocenters. The van der Waals surface area contributed by atoms with Gasteiger partial charge in [0.05, 0.1) is 39.6 Å². The van der Waals surface area contributed by atoms with Crippen molar-refractivity contribution in [1.29, 1.82) is 0 Å². The number of hydrogen-bond acceptors (Lipinski definition) is 8. The minimum absolute atomic E-state index is 0.118. The van der Waals surface area contributed by atoms with Crippen LogP contribution >= 0.6 is 43.2 Å². The minimum Gasteiger partial charge on any atom is -0.491 e. The van der Waals surface area contributed by atoms with E-state index in [0.29, 0.717) is 61.1 Å². The lowest BCUT2D eigenvalue weighted by Crippen LogP contribution is -2.40. The van der Waals surface area contributed by atoms with Crippen LogP contribution in [0.15, 0.2) is 90.7 Å². The van der Waals surface area contributed by atoms with Gasteiger partial charge in [-0.2, -0.15) is 0 Å². The van der Waals surface area contributed by atoms with Gasteiger partial charge in [0, 0.05) is 10.0 Å². The summed E-state index contributed by atoms with van der Waals surface area (Å²) in [7, 11) is 0. The molecule has 0 N–H and O–H groups in total. The molecule has 0 amide bonds. The van der Waals surface area contributed by atoms with Crippen LogP contribution in [0.1, 0.15) is 57.4 Å². The average molecular weight is 771 g/mol. The van der Waals surface area contributed by atoms with E-state index in [0.717, 1.165) is 15.6 Å². The molecule has 0 saturated heterocycles. The molecule has 2 heterocycles. The first-order chi connectivity index (χ1) is 22.1. The summed E-state index contributed by atoms with van der Waals surface area (Å²) < 4.78 is 27.4. The van der Waals surface area contributed by atoms with Crippen LogP contribution in [-0.4, -0.2) is 29.9 Å². The summed E-state index contributed by atoms with van der Waals surface area (Å²) in [6.45, 7) is 10.3. The van der Waals surface area contributed by atoms with Crippen LogP contribution in [0, 0.1) is 0 Å². The van der Waals surface area contributed by atoms with Gasteiger partial charge in [-0.15, -0.1) is 0 Å². The summed E-state index contributed by atoms with van der Waals surface area (Å²) in [5.74, 6) is 1.18. The van der Waals surface area contributed by atoms with Crippen LogP contribution in [0.2, 0.25) is 0 Å². The van der Waals surface area contributed by atoms with Gasteiger partial charge in [0.15, 0.2) is 16.3 Å². The first kappa shape index (κ1) is 33.7. The Morgan fingerprint density at radius 2 is 1.76 bits per heavy atom. The second-order valence-corrected chi connectivity index (χ2v) is 13.5. The van der Waals surface area contributed by atoms with Crippen molar-refractivity contribution in [3.63, 3.8) is 0 Å².